The van der Waals surface area contributed by atoms with E-state index in [1.165, 1.54) is 0 Å². The SMILES string of the molecule is CCCCS(=O)(=O)N1CCCC(CNCCC)C1. The maximum atomic E-state index is 12.1. The van der Waals surface area contributed by atoms with Gasteiger partial charge in [-0.05, 0) is 44.7 Å². The van der Waals surface area contributed by atoms with Gasteiger partial charge in [-0.1, -0.05) is 20.3 Å². The summed E-state index contributed by atoms with van der Waals surface area (Å²) in [6.45, 7) is 7.59. The number of unbranched alkanes of at least 4 members (excludes halogenated alkanes) is 1. The minimum atomic E-state index is -3.00. The molecule has 0 spiro atoms. The summed E-state index contributed by atoms with van der Waals surface area (Å²) in [6, 6.07) is 0. The highest BCUT2D eigenvalue weighted by Crippen LogP contribution is 2.19. The van der Waals surface area contributed by atoms with Crippen LogP contribution in [0.15, 0.2) is 0 Å². The second kappa shape index (κ2) is 8.12. The van der Waals surface area contributed by atoms with Crippen LogP contribution in [0.3, 0.4) is 0 Å². The van der Waals surface area contributed by atoms with E-state index in [0.717, 1.165) is 51.7 Å². The molecule has 1 N–H and O–H groups in total. The Morgan fingerprint density at radius 3 is 2.72 bits per heavy atom. The van der Waals surface area contributed by atoms with Crippen LogP contribution in [0.4, 0.5) is 0 Å². The number of piperidine rings is 1. The zero-order chi connectivity index (χ0) is 13.4. The molecule has 0 saturated carbocycles. The number of rotatable bonds is 8. The van der Waals surface area contributed by atoms with Gasteiger partial charge in [-0.25, -0.2) is 12.7 Å². The Balaban J connectivity index is 2.42. The highest BCUT2D eigenvalue weighted by atomic mass is 32.2. The standard InChI is InChI=1S/C13H28N2O2S/c1-3-5-10-18(16,17)15-9-6-7-13(12-15)11-14-8-4-2/h13-14H,3-12H2,1-2H3. The molecule has 0 aromatic rings. The molecule has 1 aliphatic heterocycles. The Hall–Kier alpha value is -0.130. The van der Waals surface area contributed by atoms with Gasteiger partial charge in [0.2, 0.25) is 10.0 Å². The van der Waals surface area contributed by atoms with E-state index in [1.807, 2.05) is 6.92 Å². The van der Waals surface area contributed by atoms with Crippen molar-refractivity contribution in [2.24, 2.45) is 5.92 Å². The third kappa shape index (κ3) is 5.24. The summed E-state index contributed by atoms with van der Waals surface area (Å²) in [5, 5.41) is 3.40. The van der Waals surface area contributed by atoms with Crippen LogP contribution in [0.5, 0.6) is 0 Å². The average Bonchev–Trinajstić information content (AvgIpc) is 2.37. The molecule has 18 heavy (non-hydrogen) atoms. The monoisotopic (exact) mass is 276 g/mol. The number of nitrogens with one attached hydrogen (secondary N) is 1. The second-order valence-corrected chi connectivity index (χ2v) is 7.33. The fourth-order valence-corrected chi connectivity index (χ4v) is 4.14. The predicted molar refractivity (Wildman–Crippen MR) is 76.2 cm³/mol. The third-order valence-electron chi connectivity index (χ3n) is 3.49. The van der Waals surface area contributed by atoms with Crippen LogP contribution in [-0.2, 0) is 10.0 Å². The molecule has 1 saturated heterocycles. The van der Waals surface area contributed by atoms with Gasteiger partial charge in [0.05, 0.1) is 5.75 Å². The average molecular weight is 276 g/mol. The number of sulfonamides is 1. The van der Waals surface area contributed by atoms with Gasteiger partial charge in [0, 0.05) is 13.1 Å². The van der Waals surface area contributed by atoms with Crippen LogP contribution in [0.25, 0.3) is 0 Å². The zero-order valence-electron chi connectivity index (χ0n) is 11.8. The molecule has 4 nitrogen and oxygen atoms in total. The number of hydrogen-bond donors (Lipinski definition) is 1. The largest absolute Gasteiger partial charge is 0.316 e. The number of hydrogen-bond acceptors (Lipinski definition) is 3. The van der Waals surface area contributed by atoms with E-state index in [1.54, 1.807) is 4.31 Å². The van der Waals surface area contributed by atoms with Crippen molar-refractivity contribution in [2.75, 3.05) is 31.9 Å². The summed E-state index contributed by atoms with van der Waals surface area (Å²) in [7, 11) is -3.00. The summed E-state index contributed by atoms with van der Waals surface area (Å²) in [4.78, 5) is 0. The molecule has 1 atom stereocenters. The first kappa shape index (κ1) is 15.9. The van der Waals surface area contributed by atoms with Crippen LogP contribution >= 0.6 is 0 Å². The van der Waals surface area contributed by atoms with Crippen molar-refractivity contribution >= 4 is 10.0 Å². The van der Waals surface area contributed by atoms with Gasteiger partial charge < -0.3 is 5.32 Å². The highest BCUT2D eigenvalue weighted by Gasteiger charge is 2.27. The molecule has 1 aliphatic rings. The topological polar surface area (TPSA) is 49.4 Å². The molecule has 108 valence electrons. The maximum Gasteiger partial charge on any atom is 0.214 e. The Kier molecular flexibility index (Phi) is 7.19. The van der Waals surface area contributed by atoms with E-state index in [-0.39, 0.29) is 0 Å². The first-order chi connectivity index (χ1) is 8.60. The summed E-state index contributed by atoms with van der Waals surface area (Å²) < 4.78 is 26.0. The normalized spacial score (nSPS) is 22.2. The van der Waals surface area contributed by atoms with Gasteiger partial charge in [0.25, 0.3) is 0 Å². The Morgan fingerprint density at radius 2 is 2.06 bits per heavy atom. The molecule has 0 radical (unpaired) electrons. The van der Waals surface area contributed by atoms with Crippen molar-refractivity contribution < 1.29 is 8.42 Å². The fraction of sp³-hybridized carbons (Fsp3) is 1.00. The summed E-state index contributed by atoms with van der Waals surface area (Å²) in [5.41, 5.74) is 0. The predicted octanol–water partition coefficient (Wildman–Crippen LogP) is 1.83. The first-order valence-electron chi connectivity index (χ1n) is 7.28. The summed E-state index contributed by atoms with van der Waals surface area (Å²) in [5.74, 6) is 0.806. The van der Waals surface area contributed by atoms with Gasteiger partial charge in [-0.2, -0.15) is 0 Å². The van der Waals surface area contributed by atoms with E-state index in [4.69, 9.17) is 0 Å². The minimum absolute atomic E-state index is 0.318. The Labute approximate surface area is 112 Å². The Bertz CT molecular complexity index is 317. The molecule has 5 heteroatoms. The van der Waals surface area contributed by atoms with Crippen molar-refractivity contribution in [1.29, 1.82) is 0 Å². The first-order valence-corrected chi connectivity index (χ1v) is 8.89. The molecule has 0 aromatic carbocycles. The van der Waals surface area contributed by atoms with Crippen molar-refractivity contribution in [2.45, 2.75) is 46.0 Å². The molecule has 1 heterocycles. The van der Waals surface area contributed by atoms with Crippen LogP contribution in [0.2, 0.25) is 0 Å². The van der Waals surface area contributed by atoms with Gasteiger partial charge in [0.15, 0.2) is 0 Å². The fourth-order valence-electron chi connectivity index (χ4n) is 2.38. The lowest BCUT2D eigenvalue weighted by Gasteiger charge is -2.32. The Morgan fingerprint density at radius 1 is 1.28 bits per heavy atom. The molecular formula is C13H28N2O2S. The third-order valence-corrected chi connectivity index (χ3v) is 5.41. The molecule has 1 unspecified atom stereocenters. The summed E-state index contributed by atoms with van der Waals surface area (Å²) >= 11 is 0. The molecule has 1 rings (SSSR count). The lowest BCUT2D eigenvalue weighted by atomic mass is 10.00. The molecule has 0 aliphatic carbocycles. The van der Waals surface area contributed by atoms with Crippen LogP contribution < -0.4 is 5.32 Å². The highest BCUT2D eigenvalue weighted by molar-refractivity contribution is 7.89. The van der Waals surface area contributed by atoms with Gasteiger partial charge >= 0.3 is 0 Å². The van der Waals surface area contributed by atoms with E-state index in [9.17, 15) is 8.42 Å². The smallest absolute Gasteiger partial charge is 0.214 e. The van der Waals surface area contributed by atoms with Gasteiger partial charge in [0.1, 0.15) is 0 Å². The molecule has 0 aromatic heterocycles. The second-order valence-electron chi connectivity index (χ2n) is 5.24. The van der Waals surface area contributed by atoms with Crippen molar-refractivity contribution in [3.63, 3.8) is 0 Å². The van der Waals surface area contributed by atoms with Gasteiger partial charge in [-0.15, -0.1) is 0 Å². The van der Waals surface area contributed by atoms with Crippen molar-refractivity contribution in [3.05, 3.63) is 0 Å². The molecular weight excluding hydrogens is 248 g/mol. The quantitative estimate of drug-likeness (QED) is 0.688. The summed E-state index contributed by atoms with van der Waals surface area (Å²) in [6.07, 6.45) is 5.00. The van der Waals surface area contributed by atoms with E-state index >= 15 is 0 Å². The number of nitrogens with zero attached hydrogens (tertiary/aromatic N) is 1. The van der Waals surface area contributed by atoms with E-state index < -0.39 is 10.0 Å². The molecule has 0 bridgehead atoms. The lowest BCUT2D eigenvalue weighted by molar-refractivity contribution is 0.260. The van der Waals surface area contributed by atoms with Crippen LogP contribution in [-0.4, -0.2) is 44.7 Å². The van der Waals surface area contributed by atoms with Gasteiger partial charge in [-0.3, -0.25) is 0 Å². The zero-order valence-corrected chi connectivity index (χ0v) is 12.6. The maximum absolute atomic E-state index is 12.1. The minimum Gasteiger partial charge on any atom is -0.316 e. The van der Waals surface area contributed by atoms with Crippen molar-refractivity contribution in [3.8, 4) is 0 Å². The van der Waals surface area contributed by atoms with Crippen LogP contribution in [0.1, 0.15) is 46.0 Å². The molecule has 1 fully saturated rings. The molecule has 0 amide bonds. The lowest BCUT2D eigenvalue weighted by Crippen LogP contribution is -2.43. The van der Waals surface area contributed by atoms with Crippen LogP contribution in [0, 0.1) is 5.92 Å². The van der Waals surface area contributed by atoms with Crippen molar-refractivity contribution in [1.82, 2.24) is 9.62 Å². The van der Waals surface area contributed by atoms with E-state index in [0.29, 0.717) is 18.2 Å². The van der Waals surface area contributed by atoms with E-state index in [2.05, 4.69) is 12.2 Å².